The summed E-state index contributed by atoms with van der Waals surface area (Å²) in [6.07, 6.45) is 3.95. The van der Waals surface area contributed by atoms with Crippen molar-refractivity contribution in [3.8, 4) is 5.75 Å². The molecule has 2 aliphatic rings. The second kappa shape index (κ2) is 18.3. The fraction of sp³-hybridized carbons (Fsp3) is 0.271. The molecule has 4 heterocycles. The summed E-state index contributed by atoms with van der Waals surface area (Å²) in [5.74, 6) is 0.303. The third kappa shape index (κ3) is 9.41. The molecule has 4 aromatic carbocycles. The molecule has 0 fully saturated rings. The van der Waals surface area contributed by atoms with Crippen LogP contribution in [0.2, 0.25) is 0 Å². The van der Waals surface area contributed by atoms with E-state index in [4.69, 9.17) is 4.74 Å². The van der Waals surface area contributed by atoms with Gasteiger partial charge in [-0.1, -0.05) is 78.4 Å². The number of carbonyl (C=O) groups is 3. The lowest BCUT2D eigenvalue weighted by Gasteiger charge is -2.37. The normalized spacial score (nSPS) is 16.0. The van der Waals surface area contributed by atoms with Gasteiger partial charge in [-0.15, -0.1) is 0 Å². The van der Waals surface area contributed by atoms with Crippen LogP contribution in [0.4, 0.5) is 5.69 Å². The lowest BCUT2D eigenvalue weighted by atomic mass is 9.99. The molecule has 0 aliphatic carbocycles. The summed E-state index contributed by atoms with van der Waals surface area (Å²) in [5.41, 5.74) is 9.80. The third-order valence-electron chi connectivity index (χ3n) is 11.1. The molecular formula is C48H52N6O4. The highest BCUT2D eigenvalue weighted by Gasteiger charge is 2.33. The van der Waals surface area contributed by atoms with Gasteiger partial charge in [-0.3, -0.25) is 19.3 Å². The average Bonchev–Trinajstić information content (AvgIpc) is 3.92. The molecule has 10 heteroatoms. The van der Waals surface area contributed by atoms with Gasteiger partial charge in [0.05, 0.1) is 25.7 Å². The van der Waals surface area contributed by atoms with Crippen LogP contribution >= 0.6 is 0 Å². The predicted molar refractivity (Wildman–Crippen MR) is 227 cm³/mol. The van der Waals surface area contributed by atoms with E-state index in [1.54, 1.807) is 12.0 Å². The monoisotopic (exact) mass is 776 g/mol. The van der Waals surface area contributed by atoms with E-state index < -0.39 is 0 Å². The fourth-order valence-electron chi connectivity index (χ4n) is 7.85. The zero-order valence-corrected chi connectivity index (χ0v) is 33.7. The lowest BCUT2D eigenvalue weighted by Crippen LogP contribution is -2.44. The molecule has 0 saturated heterocycles. The van der Waals surface area contributed by atoms with Gasteiger partial charge in [0, 0.05) is 62.2 Å². The number of carbonyl (C=O) groups excluding carboxylic acids is 3. The van der Waals surface area contributed by atoms with Gasteiger partial charge in [0.25, 0.3) is 0 Å². The second-order valence-electron chi connectivity index (χ2n) is 15.1. The first-order chi connectivity index (χ1) is 28.2. The number of nitrogens with zero attached hydrogens (tertiary/aromatic N) is 4. The minimum Gasteiger partial charge on any atom is -0.497 e. The van der Waals surface area contributed by atoms with Crippen LogP contribution in [0.5, 0.6) is 5.75 Å². The van der Waals surface area contributed by atoms with E-state index >= 15 is 0 Å². The first-order valence-electron chi connectivity index (χ1n) is 19.9. The Balaban J connectivity index is 0.000000178. The van der Waals surface area contributed by atoms with E-state index in [0.29, 0.717) is 31.9 Å². The molecule has 2 N–H and O–H groups in total. The molecule has 2 atom stereocenters. The summed E-state index contributed by atoms with van der Waals surface area (Å²) in [6.45, 7) is 10.1. The van der Waals surface area contributed by atoms with Crippen LogP contribution in [0.15, 0.2) is 134 Å². The summed E-state index contributed by atoms with van der Waals surface area (Å²) >= 11 is 0. The number of methoxy groups -OCH3 is 1. The molecule has 2 unspecified atom stereocenters. The number of amides is 3. The molecule has 58 heavy (non-hydrogen) atoms. The Morgan fingerprint density at radius 3 is 2.07 bits per heavy atom. The number of hydrogen-bond acceptors (Lipinski definition) is 5. The van der Waals surface area contributed by atoms with Gasteiger partial charge in [-0.2, -0.15) is 0 Å². The zero-order valence-electron chi connectivity index (χ0n) is 33.7. The quantitative estimate of drug-likeness (QED) is 0.140. The first-order valence-corrected chi connectivity index (χ1v) is 19.9. The van der Waals surface area contributed by atoms with E-state index in [0.717, 1.165) is 46.8 Å². The number of aromatic nitrogens is 2. The maximum absolute atomic E-state index is 13.2. The molecule has 8 rings (SSSR count). The van der Waals surface area contributed by atoms with Crippen LogP contribution in [-0.2, 0) is 34.0 Å². The van der Waals surface area contributed by atoms with Crippen molar-refractivity contribution in [3.05, 3.63) is 178 Å². The number of hydrogen-bond donors (Lipinski definition) is 2. The van der Waals surface area contributed by atoms with Crippen LogP contribution < -0.4 is 15.4 Å². The highest BCUT2D eigenvalue weighted by Crippen LogP contribution is 2.35. The predicted octanol–water partition coefficient (Wildman–Crippen LogP) is 7.59. The Morgan fingerprint density at radius 2 is 1.36 bits per heavy atom. The number of aryl methyl sites for hydroxylation is 3. The highest BCUT2D eigenvalue weighted by molar-refractivity contribution is 6.03. The molecule has 0 spiro atoms. The Labute approximate surface area is 341 Å². The van der Waals surface area contributed by atoms with Crippen molar-refractivity contribution in [3.63, 3.8) is 0 Å². The number of nitrogens with one attached hydrogen (secondary N) is 2. The number of ether oxygens (including phenoxy) is 1. The average molecular weight is 777 g/mol. The largest absolute Gasteiger partial charge is 0.497 e. The van der Waals surface area contributed by atoms with Gasteiger partial charge in [-0.25, -0.2) is 0 Å². The van der Waals surface area contributed by atoms with Crippen molar-refractivity contribution in [2.75, 3.05) is 32.1 Å². The van der Waals surface area contributed by atoms with E-state index in [1.807, 2.05) is 105 Å². The van der Waals surface area contributed by atoms with Crippen molar-refractivity contribution >= 4 is 23.4 Å². The third-order valence-corrected chi connectivity index (χ3v) is 11.1. The molecule has 298 valence electrons. The van der Waals surface area contributed by atoms with Crippen LogP contribution in [-0.4, -0.2) is 63.4 Å². The maximum atomic E-state index is 13.2. The molecule has 0 saturated carbocycles. The van der Waals surface area contributed by atoms with Crippen molar-refractivity contribution in [1.82, 2.24) is 24.3 Å². The molecule has 6 aromatic rings. The molecule has 10 nitrogen and oxygen atoms in total. The summed E-state index contributed by atoms with van der Waals surface area (Å²) in [7, 11) is 1.63. The maximum Gasteiger partial charge on any atom is 0.234 e. The smallest absolute Gasteiger partial charge is 0.234 e. The highest BCUT2D eigenvalue weighted by atomic mass is 16.5. The Morgan fingerprint density at radius 1 is 0.655 bits per heavy atom. The van der Waals surface area contributed by atoms with Crippen LogP contribution in [0.3, 0.4) is 0 Å². The van der Waals surface area contributed by atoms with Crippen molar-refractivity contribution in [2.24, 2.45) is 0 Å². The number of rotatable bonds is 10. The van der Waals surface area contributed by atoms with Gasteiger partial charge in [0.15, 0.2) is 0 Å². The topological polar surface area (TPSA) is 101 Å². The Bertz CT molecular complexity index is 2350. The first kappa shape index (κ1) is 39.8. The van der Waals surface area contributed by atoms with Crippen molar-refractivity contribution < 1.29 is 19.1 Å². The SMILES string of the molecule is COc1cccc(C2c3cccn3CCN2C(=O)CC(=O)Nc2ccc(C)c(C)c2)c1.Cc1ccc(C2c3cccn3CCN2CC(=O)NCc2ccccc2)cc1. The molecule has 3 amide bonds. The Kier molecular flexibility index (Phi) is 12.5. The molecule has 2 aliphatic heterocycles. The van der Waals surface area contributed by atoms with Crippen LogP contribution in [0, 0.1) is 20.8 Å². The lowest BCUT2D eigenvalue weighted by molar-refractivity contribution is -0.137. The van der Waals surface area contributed by atoms with Gasteiger partial charge in [0.1, 0.15) is 12.2 Å². The van der Waals surface area contributed by atoms with E-state index in [-0.39, 0.29) is 36.2 Å². The van der Waals surface area contributed by atoms with Gasteiger partial charge < -0.3 is 29.4 Å². The Hall–Kier alpha value is -6.39. The number of anilines is 1. The summed E-state index contributed by atoms with van der Waals surface area (Å²) < 4.78 is 9.84. The standard InChI is InChI=1S/C25H27N3O3.C23H25N3O/c1-17-9-10-20(14-18(17)2)26-23(29)16-24(30)28-13-12-27-11-5-8-22(27)25(28)19-6-4-7-21(15-19)31-3;1-18-9-11-20(12-10-18)23-21-8-5-13-25(21)14-15-26(23)17-22(27)24-16-19-6-3-2-4-7-19/h4-11,14-15,25H,12-13,16H2,1-3H3,(H,26,29);2-13,23H,14-17H2,1H3,(H,24,27). The molecule has 0 bridgehead atoms. The minimum absolute atomic E-state index is 0.0657. The van der Waals surface area contributed by atoms with E-state index in [1.165, 1.54) is 16.8 Å². The molecular weight excluding hydrogens is 725 g/mol. The zero-order chi connectivity index (χ0) is 40.6. The minimum atomic E-state index is -0.307. The van der Waals surface area contributed by atoms with Crippen LogP contribution in [0.1, 0.15) is 63.3 Å². The van der Waals surface area contributed by atoms with Gasteiger partial charge in [0.2, 0.25) is 17.7 Å². The second-order valence-corrected chi connectivity index (χ2v) is 15.1. The van der Waals surface area contributed by atoms with Gasteiger partial charge in [-0.05, 0) is 97.1 Å². The number of benzene rings is 4. The van der Waals surface area contributed by atoms with Crippen molar-refractivity contribution in [1.29, 1.82) is 0 Å². The van der Waals surface area contributed by atoms with Gasteiger partial charge >= 0.3 is 0 Å². The summed E-state index contributed by atoms with van der Waals surface area (Å²) in [6, 6.07) is 40.3. The van der Waals surface area contributed by atoms with E-state index in [2.05, 4.69) is 74.2 Å². The molecule has 0 radical (unpaired) electrons. The number of fused-ring (bicyclic) bond motifs is 2. The van der Waals surface area contributed by atoms with Crippen LogP contribution in [0.25, 0.3) is 0 Å². The molecule has 2 aromatic heterocycles. The van der Waals surface area contributed by atoms with E-state index in [9.17, 15) is 14.4 Å². The summed E-state index contributed by atoms with van der Waals surface area (Å²) in [4.78, 5) is 42.5. The summed E-state index contributed by atoms with van der Waals surface area (Å²) in [5, 5.41) is 5.91. The van der Waals surface area contributed by atoms with Crippen molar-refractivity contribution in [2.45, 2.75) is 58.9 Å². The fourth-order valence-corrected chi connectivity index (χ4v) is 7.85.